The zero-order chi connectivity index (χ0) is 18.2. The third-order valence-corrected chi connectivity index (χ3v) is 4.68. The number of nitrogens with one attached hydrogen (secondary N) is 1. The minimum atomic E-state index is -0.263. The molecule has 3 N–H and O–H groups in total. The van der Waals surface area contributed by atoms with Gasteiger partial charge in [0.05, 0.1) is 6.10 Å². The van der Waals surface area contributed by atoms with Crippen molar-refractivity contribution in [3.63, 3.8) is 0 Å². The standard InChI is InChI=1S/C17H31N5O3.HI/c1-21(2)16(24)11-20-17(19-10-14-6-4-8-25-14)22-7-3-5-13(12-22)9-15(18)23;/h13-14H,3-12H2,1-2H3,(H2,18,23)(H,19,20);1H. The lowest BCUT2D eigenvalue weighted by Crippen LogP contribution is -2.49. The Labute approximate surface area is 172 Å². The van der Waals surface area contributed by atoms with Gasteiger partial charge in [-0.15, -0.1) is 24.0 Å². The van der Waals surface area contributed by atoms with Crippen molar-refractivity contribution >= 4 is 41.8 Å². The molecule has 26 heavy (non-hydrogen) atoms. The number of hydrogen-bond donors (Lipinski definition) is 2. The summed E-state index contributed by atoms with van der Waals surface area (Å²) in [5.41, 5.74) is 5.35. The molecule has 0 spiro atoms. The van der Waals surface area contributed by atoms with E-state index in [0.717, 1.165) is 51.3 Å². The Hall–Kier alpha value is -1.10. The summed E-state index contributed by atoms with van der Waals surface area (Å²) in [6.07, 6.45) is 4.70. The molecule has 2 heterocycles. The van der Waals surface area contributed by atoms with Gasteiger partial charge in [0, 0.05) is 46.8 Å². The zero-order valence-corrected chi connectivity index (χ0v) is 18.1. The molecular formula is C17H32IN5O3. The molecule has 2 aliphatic heterocycles. The number of carbonyl (C=O) groups excluding carboxylic acids is 2. The van der Waals surface area contributed by atoms with Crippen LogP contribution >= 0.6 is 24.0 Å². The summed E-state index contributed by atoms with van der Waals surface area (Å²) in [7, 11) is 3.45. The lowest BCUT2D eigenvalue weighted by molar-refractivity contribution is -0.127. The number of nitrogens with two attached hydrogens (primary N) is 1. The first kappa shape index (κ1) is 22.9. The second-order valence-corrected chi connectivity index (χ2v) is 7.07. The fourth-order valence-corrected chi connectivity index (χ4v) is 3.27. The predicted octanol–water partition coefficient (Wildman–Crippen LogP) is 0.405. The quantitative estimate of drug-likeness (QED) is 0.325. The summed E-state index contributed by atoms with van der Waals surface area (Å²) in [5, 5.41) is 3.36. The second kappa shape index (κ2) is 11.6. The third kappa shape index (κ3) is 7.65. The number of halogens is 1. The van der Waals surface area contributed by atoms with E-state index in [0.29, 0.717) is 13.0 Å². The molecule has 9 heteroatoms. The molecule has 0 saturated carbocycles. The average Bonchev–Trinajstić information content (AvgIpc) is 3.07. The van der Waals surface area contributed by atoms with Gasteiger partial charge < -0.3 is 25.6 Å². The van der Waals surface area contributed by atoms with E-state index in [1.54, 1.807) is 14.1 Å². The number of hydrogen-bond acceptors (Lipinski definition) is 4. The molecule has 0 radical (unpaired) electrons. The first-order valence-electron chi connectivity index (χ1n) is 9.09. The van der Waals surface area contributed by atoms with Crippen LogP contribution < -0.4 is 11.1 Å². The number of amides is 2. The van der Waals surface area contributed by atoms with Gasteiger partial charge in [-0.25, -0.2) is 4.99 Å². The second-order valence-electron chi connectivity index (χ2n) is 7.07. The summed E-state index contributed by atoms with van der Waals surface area (Å²) in [6.45, 7) is 3.20. The van der Waals surface area contributed by atoms with Crippen LogP contribution in [0.2, 0.25) is 0 Å². The lowest BCUT2D eigenvalue weighted by atomic mass is 9.95. The van der Waals surface area contributed by atoms with E-state index in [1.807, 2.05) is 0 Å². The van der Waals surface area contributed by atoms with Gasteiger partial charge in [-0.1, -0.05) is 0 Å². The first-order chi connectivity index (χ1) is 12.0. The molecule has 2 fully saturated rings. The van der Waals surface area contributed by atoms with Crippen LogP contribution in [0.1, 0.15) is 32.1 Å². The minimum absolute atomic E-state index is 0. The Morgan fingerprint density at radius 3 is 2.69 bits per heavy atom. The van der Waals surface area contributed by atoms with Crippen LogP contribution in [0, 0.1) is 5.92 Å². The molecule has 150 valence electrons. The SMILES string of the molecule is CN(C)C(=O)CN=C(NCC1CCCO1)N1CCCC(CC(N)=O)C1.I. The highest BCUT2D eigenvalue weighted by atomic mass is 127. The average molecular weight is 481 g/mol. The van der Waals surface area contributed by atoms with E-state index in [1.165, 1.54) is 4.90 Å². The Morgan fingerprint density at radius 1 is 1.31 bits per heavy atom. The van der Waals surface area contributed by atoms with E-state index in [9.17, 15) is 9.59 Å². The molecule has 0 bridgehead atoms. The Kier molecular flexibility index (Phi) is 10.2. The Morgan fingerprint density at radius 2 is 2.08 bits per heavy atom. The predicted molar refractivity (Wildman–Crippen MR) is 111 cm³/mol. The molecular weight excluding hydrogens is 449 g/mol. The van der Waals surface area contributed by atoms with Crippen molar-refractivity contribution in [3.8, 4) is 0 Å². The van der Waals surface area contributed by atoms with Crippen LogP contribution in [-0.4, -0.2) is 80.6 Å². The van der Waals surface area contributed by atoms with E-state index in [-0.39, 0.29) is 54.4 Å². The van der Waals surface area contributed by atoms with E-state index < -0.39 is 0 Å². The lowest BCUT2D eigenvalue weighted by Gasteiger charge is -2.35. The van der Waals surface area contributed by atoms with Gasteiger partial charge >= 0.3 is 0 Å². The molecule has 0 aromatic heterocycles. The number of aliphatic imine (C=N–C) groups is 1. The summed E-state index contributed by atoms with van der Waals surface area (Å²) in [4.78, 5) is 31.3. The molecule has 0 aromatic rings. The van der Waals surface area contributed by atoms with Crippen molar-refractivity contribution in [1.29, 1.82) is 0 Å². The number of piperidine rings is 1. The van der Waals surface area contributed by atoms with Gasteiger partial charge in [-0.2, -0.15) is 0 Å². The van der Waals surface area contributed by atoms with E-state index in [4.69, 9.17) is 10.5 Å². The largest absolute Gasteiger partial charge is 0.376 e. The van der Waals surface area contributed by atoms with Crippen molar-refractivity contribution in [1.82, 2.24) is 15.1 Å². The molecule has 8 nitrogen and oxygen atoms in total. The van der Waals surface area contributed by atoms with Crippen molar-refractivity contribution in [2.24, 2.45) is 16.6 Å². The van der Waals surface area contributed by atoms with E-state index >= 15 is 0 Å². The van der Waals surface area contributed by atoms with Gasteiger partial charge in [0.1, 0.15) is 6.54 Å². The van der Waals surface area contributed by atoms with Crippen molar-refractivity contribution in [3.05, 3.63) is 0 Å². The number of rotatable bonds is 6. The molecule has 0 aliphatic carbocycles. The molecule has 2 amide bonds. The van der Waals surface area contributed by atoms with Gasteiger partial charge in [0.15, 0.2) is 5.96 Å². The van der Waals surface area contributed by atoms with Gasteiger partial charge in [0.2, 0.25) is 11.8 Å². The number of likely N-dealkylation sites (tertiary alicyclic amines) is 1. The molecule has 2 atom stereocenters. The topological polar surface area (TPSA) is 100 Å². The summed E-state index contributed by atoms with van der Waals surface area (Å²) in [6, 6.07) is 0. The summed E-state index contributed by atoms with van der Waals surface area (Å²) >= 11 is 0. The van der Waals surface area contributed by atoms with Crippen molar-refractivity contribution in [2.45, 2.75) is 38.2 Å². The Bertz CT molecular complexity index is 495. The summed E-state index contributed by atoms with van der Waals surface area (Å²) < 4.78 is 5.66. The summed E-state index contributed by atoms with van der Waals surface area (Å²) in [5.74, 6) is 0.660. The number of likely N-dealkylation sites (N-methyl/N-ethyl adjacent to an activating group) is 1. The number of primary amides is 1. The highest BCUT2D eigenvalue weighted by Crippen LogP contribution is 2.19. The molecule has 2 unspecified atom stereocenters. The van der Waals surface area contributed by atoms with Crippen LogP contribution in [0.3, 0.4) is 0 Å². The van der Waals surface area contributed by atoms with Crippen LogP contribution in [0.4, 0.5) is 0 Å². The van der Waals surface area contributed by atoms with E-state index in [2.05, 4.69) is 15.2 Å². The smallest absolute Gasteiger partial charge is 0.243 e. The van der Waals surface area contributed by atoms with Crippen LogP contribution in [0.25, 0.3) is 0 Å². The van der Waals surface area contributed by atoms with Gasteiger partial charge in [-0.3, -0.25) is 9.59 Å². The van der Waals surface area contributed by atoms with Crippen LogP contribution in [0.5, 0.6) is 0 Å². The first-order valence-corrected chi connectivity index (χ1v) is 9.09. The molecule has 2 aliphatic rings. The maximum absolute atomic E-state index is 11.9. The zero-order valence-electron chi connectivity index (χ0n) is 15.8. The van der Waals surface area contributed by atoms with Crippen LogP contribution in [0.15, 0.2) is 4.99 Å². The molecule has 2 saturated heterocycles. The molecule has 0 aromatic carbocycles. The maximum atomic E-state index is 11.9. The third-order valence-electron chi connectivity index (χ3n) is 4.68. The number of guanidine groups is 1. The van der Waals surface area contributed by atoms with Crippen LogP contribution in [-0.2, 0) is 14.3 Å². The fourth-order valence-electron chi connectivity index (χ4n) is 3.27. The van der Waals surface area contributed by atoms with Crippen molar-refractivity contribution < 1.29 is 14.3 Å². The van der Waals surface area contributed by atoms with Crippen molar-refractivity contribution in [2.75, 3.05) is 46.9 Å². The normalized spacial score (nSPS) is 23.3. The molecule has 2 rings (SSSR count). The number of ether oxygens (including phenoxy) is 1. The highest BCUT2D eigenvalue weighted by molar-refractivity contribution is 14.0. The maximum Gasteiger partial charge on any atom is 0.243 e. The highest BCUT2D eigenvalue weighted by Gasteiger charge is 2.25. The number of carbonyl (C=O) groups is 2. The van der Waals surface area contributed by atoms with Gasteiger partial charge in [-0.05, 0) is 31.6 Å². The van der Waals surface area contributed by atoms with Gasteiger partial charge in [0.25, 0.3) is 0 Å². The number of nitrogens with zero attached hydrogens (tertiary/aromatic N) is 3. The fraction of sp³-hybridized carbons (Fsp3) is 0.824. The minimum Gasteiger partial charge on any atom is -0.376 e. The monoisotopic (exact) mass is 481 g/mol. The Balaban J connectivity index is 0.00000338.